The van der Waals surface area contributed by atoms with Gasteiger partial charge in [0.2, 0.25) is 0 Å². The van der Waals surface area contributed by atoms with Crippen LogP contribution in [0.1, 0.15) is 33.9 Å². The van der Waals surface area contributed by atoms with E-state index in [2.05, 4.69) is 10.9 Å². The number of amides is 2. The van der Waals surface area contributed by atoms with Crippen molar-refractivity contribution in [2.75, 3.05) is 7.11 Å². The van der Waals surface area contributed by atoms with E-state index in [0.717, 1.165) is 0 Å². The number of hydrazine groups is 1. The molecule has 1 aromatic carbocycles. The van der Waals surface area contributed by atoms with Gasteiger partial charge in [-0.25, -0.2) is 0 Å². The zero-order chi connectivity index (χ0) is 17.7. The van der Waals surface area contributed by atoms with E-state index in [9.17, 15) is 9.59 Å². The van der Waals surface area contributed by atoms with Crippen molar-refractivity contribution in [1.82, 2.24) is 10.9 Å². The summed E-state index contributed by atoms with van der Waals surface area (Å²) in [6, 6.07) is 6.36. The first-order valence-electron chi connectivity index (χ1n) is 7.10. The van der Waals surface area contributed by atoms with Crippen molar-refractivity contribution in [3.63, 3.8) is 0 Å². The van der Waals surface area contributed by atoms with Gasteiger partial charge in [-0.3, -0.25) is 20.4 Å². The highest BCUT2D eigenvalue weighted by Gasteiger charge is 2.17. The Balaban J connectivity index is 2.12. The number of ether oxygens (including phenoxy) is 2. The highest BCUT2D eigenvalue weighted by Crippen LogP contribution is 2.37. The molecular formula is C16H17ClN2O4S. The number of carbonyl (C=O) groups excluding carboxylic acids is 2. The van der Waals surface area contributed by atoms with Crippen molar-refractivity contribution < 1.29 is 19.1 Å². The van der Waals surface area contributed by atoms with Gasteiger partial charge in [-0.1, -0.05) is 17.7 Å². The van der Waals surface area contributed by atoms with Gasteiger partial charge >= 0.3 is 0 Å². The molecule has 128 valence electrons. The van der Waals surface area contributed by atoms with E-state index in [4.69, 9.17) is 21.1 Å². The van der Waals surface area contributed by atoms with Gasteiger partial charge in [-0.2, -0.15) is 0 Å². The number of methoxy groups -OCH3 is 1. The predicted octanol–water partition coefficient (Wildman–Crippen LogP) is 3.27. The Hall–Kier alpha value is -2.25. The molecule has 0 saturated heterocycles. The molecule has 0 bridgehead atoms. The summed E-state index contributed by atoms with van der Waals surface area (Å²) in [5.41, 5.74) is 4.92. The first-order chi connectivity index (χ1) is 11.4. The van der Waals surface area contributed by atoms with Gasteiger partial charge in [-0.15, -0.1) is 11.3 Å². The molecule has 0 aliphatic carbocycles. The molecule has 2 amide bonds. The van der Waals surface area contributed by atoms with Gasteiger partial charge in [0.25, 0.3) is 11.8 Å². The minimum atomic E-state index is -0.517. The zero-order valence-corrected chi connectivity index (χ0v) is 15.0. The van der Waals surface area contributed by atoms with E-state index < -0.39 is 11.8 Å². The highest BCUT2D eigenvalue weighted by atomic mass is 35.5. The Labute approximate surface area is 148 Å². The third-order valence-corrected chi connectivity index (χ3v) is 4.03. The van der Waals surface area contributed by atoms with E-state index >= 15 is 0 Å². The fourth-order valence-electron chi connectivity index (χ4n) is 1.86. The maximum absolute atomic E-state index is 12.2. The molecule has 1 aromatic heterocycles. The summed E-state index contributed by atoms with van der Waals surface area (Å²) in [7, 11) is 1.46. The Morgan fingerprint density at radius 2 is 1.92 bits per heavy atom. The lowest BCUT2D eigenvalue weighted by molar-refractivity contribution is 0.0848. The topological polar surface area (TPSA) is 76.7 Å². The van der Waals surface area contributed by atoms with E-state index in [-0.39, 0.29) is 16.7 Å². The third kappa shape index (κ3) is 4.39. The largest absolute Gasteiger partial charge is 0.493 e. The molecule has 0 atom stereocenters. The highest BCUT2D eigenvalue weighted by molar-refractivity contribution is 7.12. The van der Waals surface area contributed by atoms with Crippen molar-refractivity contribution in [3.05, 3.63) is 45.1 Å². The Kier molecular flexibility index (Phi) is 6.05. The number of halogens is 1. The van der Waals surface area contributed by atoms with E-state index in [1.807, 2.05) is 13.8 Å². The summed E-state index contributed by atoms with van der Waals surface area (Å²) in [5.74, 6) is -0.202. The number of carbonyl (C=O) groups is 2. The summed E-state index contributed by atoms with van der Waals surface area (Å²) in [6.07, 6.45) is -0.0961. The number of nitrogens with one attached hydrogen (secondary N) is 2. The van der Waals surface area contributed by atoms with E-state index in [1.54, 1.807) is 17.5 Å². The van der Waals surface area contributed by atoms with Crippen molar-refractivity contribution in [2.45, 2.75) is 20.0 Å². The minimum absolute atomic E-state index is 0.0961. The van der Waals surface area contributed by atoms with Gasteiger partial charge in [0, 0.05) is 5.56 Å². The molecule has 0 radical (unpaired) electrons. The van der Waals surface area contributed by atoms with Crippen LogP contribution in [0.5, 0.6) is 11.5 Å². The van der Waals surface area contributed by atoms with Crippen LogP contribution in [0.2, 0.25) is 5.02 Å². The van der Waals surface area contributed by atoms with Crippen LogP contribution < -0.4 is 20.3 Å². The molecule has 8 heteroatoms. The van der Waals surface area contributed by atoms with Crippen LogP contribution in [0.25, 0.3) is 0 Å². The van der Waals surface area contributed by atoms with E-state index in [0.29, 0.717) is 16.4 Å². The second-order valence-corrected chi connectivity index (χ2v) is 6.40. The van der Waals surface area contributed by atoms with Crippen LogP contribution in [0, 0.1) is 0 Å². The predicted molar refractivity (Wildman–Crippen MR) is 93.0 cm³/mol. The zero-order valence-electron chi connectivity index (χ0n) is 13.4. The molecule has 0 unspecified atom stereocenters. The molecule has 0 aliphatic heterocycles. The number of benzene rings is 1. The standard InChI is InChI=1S/C16H17ClN2O4S/c1-9(2)23-14-11(17)7-10(8-12(14)22-3)15(20)18-19-16(21)13-5-4-6-24-13/h4-9H,1-3H3,(H,18,20)(H,19,21). The molecule has 0 fully saturated rings. The maximum atomic E-state index is 12.2. The number of hydrogen-bond donors (Lipinski definition) is 2. The second kappa shape index (κ2) is 8.03. The van der Waals surface area contributed by atoms with Crippen LogP contribution >= 0.6 is 22.9 Å². The molecule has 0 saturated carbocycles. The lowest BCUT2D eigenvalue weighted by Gasteiger charge is -2.16. The van der Waals surface area contributed by atoms with Crippen LogP contribution in [0.15, 0.2) is 29.6 Å². The van der Waals surface area contributed by atoms with Crippen molar-refractivity contribution in [2.24, 2.45) is 0 Å². The molecule has 24 heavy (non-hydrogen) atoms. The summed E-state index contributed by atoms with van der Waals surface area (Å²) in [4.78, 5) is 24.5. The van der Waals surface area contributed by atoms with Crippen molar-refractivity contribution in [3.8, 4) is 11.5 Å². The smallest absolute Gasteiger partial charge is 0.279 e. The van der Waals surface area contributed by atoms with Crippen LogP contribution in [0.3, 0.4) is 0 Å². The minimum Gasteiger partial charge on any atom is -0.493 e. The SMILES string of the molecule is COc1cc(C(=O)NNC(=O)c2cccs2)cc(Cl)c1OC(C)C. The molecule has 0 aliphatic rings. The van der Waals surface area contributed by atoms with Gasteiger partial charge < -0.3 is 9.47 Å². The summed E-state index contributed by atoms with van der Waals surface area (Å²) >= 11 is 7.45. The fraction of sp³-hybridized carbons (Fsp3) is 0.250. The Bertz CT molecular complexity index is 732. The van der Waals surface area contributed by atoms with Crippen LogP contribution in [-0.2, 0) is 0 Å². The average Bonchev–Trinajstić information content (AvgIpc) is 3.08. The lowest BCUT2D eigenvalue weighted by atomic mass is 10.2. The number of thiophene rings is 1. The van der Waals surface area contributed by atoms with Gasteiger partial charge in [0.05, 0.1) is 23.1 Å². The van der Waals surface area contributed by atoms with Gasteiger partial charge in [0.1, 0.15) is 0 Å². The summed E-state index contributed by atoms with van der Waals surface area (Å²) in [5, 5.41) is 2.02. The summed E-state index contributed by atoms with van der Waals surface area (Å²) < 4.78 is 10.8. The maximum Gasteiger partial charge on any atom is 0.279 e. The first-order valence-corrected chi connectivity index (χ1v) is 8.36. The number of hydrogen-bond acceptors (Lipinski definition) is 5. The Morgan fingerprint density at radius 3 is 2.50 bits per heavy atom. The first kappa shape index (κ1) is 18.1. The van der Waals surface area contributed by atoms with Crippen LogP contribution in [-0.4, -0.2) is 25.0 Å². The van der Waals surface area contributed by atoms with Crippen LogP contribution in [0.4, 0.5) is 0 Å². The Morgan fingerprint density at radius 1 is 1.21 bits per heavy atom. The van der Waals surface area contributed by atoms with Crippen molar-refractivity contribution >= 4 is 34.8 Å². The average molecular weight is 369 g/mol. The second-order valence-electron chi connectivity index (χ2n) is 5.04. The van der Waals surface area contributed by atoms with Gasteiger partial charge in [0.15, 0.2) is 11.5 Å². The normalized spacial score (nSPS) is 10.4. The van der Waals surface area contributed by atoms with Gasteiger partial charge in [-0.05, 0) is 37.4 Å². The van der Waals surface area contributed by atoms with Crippen molar-refractivity contribution in [1.29, 1.82) is 0 Å². The molecule has 1 heterocycles. The molecule has 2 N–H and O–H groups in total. The molecule has 2 rings (SSSR count). The molecular weight excluding hydrogens is 352 g/mol. The van der Waals surface area contributed by atoms with E-state index in [1.165, 1.54) is 30.6 Å². The third-order valence-electron chi connectivity index (χ3n) is 2.88. The molecule has 6 nitrogen and oxygen atoms in total. The lowest BCUT2D eigenvalue weighted by Crippen LogP contribution is -2.41. The monoisotopic (exact) mass is 368 g/mol. The number of rotatable bonds is 5. The summed E-state index contributed by atoms with van der Waals surface area (Å²) in [6.45, 7) is 3.72. The quantitative estimate of drug-likeness (QED) is 0.794. The molecule has 2 aromatic rings. The molecule has 0 spiro atoms. The fourth-order valence-corrected chi connectivity index (χ4v) is 2.73.